The normalized spacial score (nSPS) is 12.2. The molecule has 11 heteroatoms. The van der Waals surface area contributed by atoms with Crippen molar-refractivity contribution in [1.29, 1.82) is 0 Å². The molecule has 0 atom stereocenters. The van der Waals surface area contributed by atoms with Crippen molar-refractivity contribution in [3.8, 4) is 0 Å². The van der Waals surface area contributed by atoms with Crippen LogP contribution in [0.15, 0.2) is 48.5 Å². The number of esters is 1. The van der Waals surface area contributed by atoms with Crippen LogP contribution in [0.25, 0.3) is 11.0 Å². The van der Waals surface area contributed by atoms with E-state index in [4.69, 9.17) is 4.74 Å². The Hall–Kier alpha value is -3.37. The van der Waals surface area contributed by atoms with Crippen LogP contribution in [0.4, 0.5) is 22.0 Å². The number of aromatic nitrogens is 3. The molecule has 1 heterocycles. The quantitative estimate of drug-likeness (QED) is 0.334. The summed E-state index contributed by atoms with van der Waals surface area (Å²) in [6, 6.07) is 12.2. The summed E-state index contributed by atoms with van der Waals surface area (Å²) in [6.45, 7) is -0.667. The lowest BCUT2D eigenvalue weighted by atomic mass is 10.1. The van der Waals surface area contributed by atoms with E-state index in [1.807, 2.05) is 0 Å². The number of halogens is 5. The van der Waals surface area contributed by atoms with Crippen LogP contribution < -0.4 is 0 Å². The Morgan fingerprint density at radius 3 is 2.27 bits per heavy atom. The fourth-order valence-electron chi connectivity index (χ4n) is 2.66. The van der Waals surface area contributed by atoms with E-state index in [2.05, 4.69) is 10.3 Å². The summed E-state index contributed by atoms with van der Waals surface area (Å²) in [4.78, 5) is 25.1. The van der Waals surface area contributed by atoms with E-state index in [0.717, 1.165) is 4.68 Å². The lowest BCUT2D eigenvalue weighted by molar-refractivity contribution is -0.284. The Kier molecular flexibility index (Phi) is 5.81. The monoisotopic (exact) mass is 427 g/mol. The SMILES string of the molecule is O=C(OCCCC(F)(F)C(F)(F)F)c1ccccc1C(=O)n1nnc2ccccc21. The summed E-state index contributed by atoms with van der Waals surface area (Å²) in [7, 11) is 0. The Bertz CT molecular complexity index is 1080. The summed E-state index contributed by atoms with van der Waals surface area (Å²) in [5.41, 5.74) is 0.597. The van der Waals surface area contributed by atoms with E-state index in [1.165, 1.54) is 24.3 Å². The van der Waals surface area contributed by atoms with Crippen molar-refractivity contribution in [2.75, 3.05) is 6.61 Å². The number of carbonyl (C=O) groups is 2. The highest BCUT2D eigenvalue weighted by Crippen LogP contribution is 2.38. The molecule has 6 nitrogen and oxygen atoms in total. The van der Waals surface area contributed by atoms with E-state index in [1.54, 1.807) is 24.3 Å². The van der Waals surface area contributed by atoms with Gasteiger partial charge in [-0.05, 0) is 30.7 Å². The second-order valence-corrected chi connectivity index (χ2v) is 6.28. The van der Waals surface area contributed by atoms with E-state index < -0.39 is 43.4 Å². The molecular formula is C19H14F5N3O3. The molecule has 0 aliphatic carbocycles. The smallest absolute Gasteiger partial charge is 0.453 e. The van der Waals surface area contributed by atoms with Crippen LogP contribution in [0.3, 0.4) is 0 Å². The number of hydrogen-bond donors (Lipinski definition) is 0. The number of ether oxygens (including phenoxy) is 1. The summed E-state index contributed by atoms with van der Waals surface area (Å²) in [5.74, 6) is -6.58. The summed E-state index contributed by atoms with van der Waals surface area (Å²) in [5, 5.41) is 7.63. The number of nitrogens with zero attached hydrogens (tertiary/aromatic N) is 3. The maximum absolute atomic E-state index is 12.9. The average Bonchev–Trinajstić information content (AvgIpc) is 3.14. The number of hydrogen-bond acceptors (Lipinski definition) is 5. The summed E-state index contributed by atoms with van der Waals surface area (Å²) in [6.07, 6.45) is -7.89. The van der Waals surface area contributed by atoms with E-state index in [-0.39, 0.29) is 11.1 Å². The Morgan fingerprint density at radius 2 is 1.57 bits per heavy atom. The first-order chi connectivity index (χ1) is 14.1. The van der Waals surface area contributed by atoms with Crippen LogP contribution in [0.2, 0.25) is 0 Å². The highest BCUT2D eigenvalue weighted by molar-refractivity contribution is 6.08. The number of para-hydroxylation sites is 1. The van der Waals surface area contributed by atoms with Gasteiger partial charge in [0.15, 0.2) is 0 Å². The fourth-order valence-corrected chi connectivity index (χ4v) is 2.66. The minimum atomic E-state index is -5.67. The largest absolute Gasteiger partial charge is 0.462 e. The van der Waals surface area contributed by atoms with Crippen LogP contribution >= 0.6 is 0 Å². The van der Waals surface area contributed by atoms with Gasteiger partial charge in [-0.15, -0.1) is 5.10 Å². The molecule has 0 bridgehead atoms. The van der Waals surface area contributed by atoms with E-state index >= 15 is 0 Å². The molecule has 2 aromatic carbocycles. The molecule has 0 amide bonds. The molecule has 3 rings (SSSR count). The Labute approximate surface area is 166 Å². The van der Waals surface area contributed by atoms with Gasteiger partial charge in [-0.1, -0.05) is 29.5 Å². The van der Waals surface area contributed by atoms with Crippen molar-refractivity contribution < 1.29 is 36.3 Å². The molecule has 158 valence electrons. The number of carbonyl (C=O) groups excluding carboxylic acids is 2. The van der Waals surface area contributed by atoms with Gasteiger partial charge in [-0.25, -0.2) is 4.79 Å². The van der Waals surface area contributed by atoms with E-state index in [9.17, 15) is 31.5 Å². The minimum Gasteiger partial charge on any atom is -0.462 e. The van der Waals surface area contributed by atoms with Gasteiger partial charge in [0.05, 0.1) is 23.3 Å². The van der Waals surface area contributed by atoms with Gasteiger partial charge in [0.25, 0.3) is 5.91 Å². The van der Waals surface area contributed by atoms with Gasteiger partial charge in [-0.2, -0.15) is 26.6 Å². The van der Waals surface area contributed by atoms with Gasteiger partial charge in [0.2, 0.25) is 0 Å². The molecule has 30 heavy (non-hydrogen) atoms. The second kappa shape index (κ2) is 8.17. The molecule has 3 aromatic rings. The average molecular weight is 427 g/mol. The van der Waals surface area contributed by atoms with Crippen LogP contribution in [0, 0.1) is 0 Å². The molecule has 0 unspecified atom stereocenters. The van der Waals surface area contributed by atoms with Gasteiger partial charge >= 0.3 is 18.1 Å². The highest BCUT2D eigenvalue weighted by Gasteiger charge is 2.56. The first-order valence-corrected chi connectivity index (χ1v) is 8.68. The van der Waals surface area contributed by atoms with Crippen molar-refractivity contribution >= 4 is 22.9 Å². The molecule has 0 aliphatic heterocycles. The summed E-state index contributed by atoms with van der Waals surface area (Å²) >= 11 is 0. The minimum absolute atomic E-state index is 0.0845. The first-order valence-electron chi connectivity index (χ1n) is 8.68. The molecule has 0 spiro atoms. The topological polar surface area (TPSA) is 74.1 Å². The van der Waals surface area contributed by atoms with Gasteiger partial charge in [0, 0.05) is 6.42 Å². The fraction of sp³-hybridized carbons (Fsp3) is 0.263. The van der Waals surface area contributed by atoms with Crippen LogP contribution in [-0.4, -0.2) is 45.6 Å². The molecule has 0 saturated heterocycles. The predicted octanol–water partition coefficient (Wildman–Crippen LogP) is 4.25. The standard InChI is InChI=1S/C19H14F5N3O3/c20-18(21,19(22,23)24)10-5-11-30-17(29)13-7-2-1-6-12(13)16(28)27-15-9-4-3-8-14(15)25-26-27/h1-4,6-9H,5,10-11H2. The lowest BCUT2D eigenvalue weighted by Crippen LogP contribution is -2.36. The highest BCUT2D eigenvalue weighted by atomic mass is 19.4. The molecular weight excluding hydrogens is 413 g/mol. The summed E-state index contributed by atoms with van der Waals surface area (Å²) < 4.78 is 68.1. The molecule has 0 N–H and O–H groups in total. The number of rotatable bonds is 6. The van der Waals surface area contributed by atoms with Crippen LogP contribution in [0.1, 0.15) is 33.6 Å². The van der Waals surface area contributed by atoms with Gasteiger partial charge in [0.1, 0.15) is 5.52 Å². The van der Waals surface area contributed by atoms with Crippen molar-refractivity contribution in [2.45, 2.75) is 24.9 Å². The third kappa shape index (κ3) is 4.29. The Balaban J connectivity index is 1.72. The molecule has 0 saturated carbocycles. The van der Waals surface area contributed by atoms with Crippen molar-refractivity contribution in [3.05, 3.63) is 59.7 Å². The zero-order chi connectivity index (χ0) is 21.9. The van der Waals surface area contributed by atoms with Crippen LogP contribution in [0.5, 0.6) is 0 Å². The zero-order valence-electron chi connectivity index (χ0n) is 15.2. The molecule has 1 aromatic heterocycles. The first kappa shape index (κ1) is 21.3. The lowest BCUT2D eigenvalue weighted by Gasteiger charge is -2.19. The Morgan fingerprint density at radius 1 is 0.933 bits per heavy atom. The maximum Gasteiger partial charge on any atom is 0.453 e. The number of benzene rings is 2. The number of fused-ring (bicyclic) bond motifs is 1. The second-order valence-electron chi connectivity index (χ2n) is 6.28. The van der Waals surface area contributed by atoms with Crippen LogP contribution in [-0.2, 0) is 4.74 Å². The third-order valence-corrected chi connectivity index (χ3v) is 4.20. The third-order valence-electron chi connectivity index (χ3n) is 4.20. The van der Waals surface area contributed by atoms with Gasteiger partial charge in [-0.3, -0.25) is 4.79 Å². The number of alkyl halides is 5. The molecule has 0 aliphatic rings. The van der Waals surface area contributed by atoms with E-state index in [0.29, 0.717) is 11.0 Å². The molecule has 0 fully saturated rings. The van der Waals surface area contributed by atoms with Crippen molar-refractivity contribution in [1.82, 2.24) is 15.0 Å². The van der Waals surface area contributed by atoms with Crippen molar-refractivity contribution in [3.63, 3.8) is 0 Å². The maximum atomic E-state index is 12.9. The van der Waals surface area contributed by atoms with Crippen molar-refractivity contribution in [2.24, 2.45) is 0 Å². The van der Waals surface area contributed by atoms with Gasteiger partial charge < -0.3 is 4.74 Å². The predicted molar refractivity (Wildman–Crippen MR) is 94.2 cm³/mol. The molecule has 0 radical (unpaired) electrons. The zero-order valence-corrected chi connectivity index (χ0v) is 15.2.